The SMILES string of the molecule is CCC[C@@H](C)NC(=O)CN(c1cccc([N+](=O)[O-])c1)S(=O)(=O)c1ccccc1. The average Bonchev–Trinajstić information content (AvgIpc) is 2.67. The Hall–Kier alpha value is -2.94. The zero-order chi connectivity index (χ0) is 20.7. The van der Waals surface area contributed by atoms with Crippen LogP contribution in [0, 0.1) is 10.1 Å². The lowest BCUT2D eigenvalue weighted by atomic mass is 10.2. The topological polar surface area (TPSA) is 110 Å². The third-order valence-electron chi connectivity index (χ3n) is 4.08. The first-order valence-corrected chi connectivity index (χ1v) is 10.3. The molecule has 0 aromatic heterocycles. The predicted molar refractivity (Wildman–Crippen MR) is 107 cm³/mol. The second-order valence-electron chi connectivity index (χ2n) is 6.36. The first-order valence-electron chi connectivity index (χ1n) is 8.87. The molecule has 150 valence electrons. The zero-order valence-electron chi connectivity index (χ0n) is 15.7. The van der Waals surface area contributed by atoms with Crippen LogP contribution in [0.25, 0.3) is 0 Å². The molecule has 0 aliphatic carbocycles. The molecular formula is C19H23N3O5S. The van der Waals surface area contributed by atoms with Gasteiger partial charge in [0.15, 0.2) is 0 Å². The molecule has 2 aromatic rings. The minimum absolute atomic E-state index is 0.00378. The van der Waals surface area contributed by atoms with Gasteiger partial charge in [-0.2, -0.15) is 0 Å². The zero-order valence-corrected chi connectivity index (χ0v) is 16.6. The van der Waals surface area contributed by atoms with E-state index in [1.54, 1.807) is 18.2 Å². The molecule has 0 aliphatic rings. The van der Waals surface area contributed by atoms with Crippen molar-refractivity contribution in [2.24, 2.45) is 0 Å². The Labute approximate surface area is 164 Å². The van der Waals surface area contributed by atoms with Crippen molar-refractivity contribution in [1.82, 2.24) is 5.32 Å². The summed E-state index contributed by atoms with van der Waals surface area (Å²) < 4.78 is 27.2. The summed E-state index contributed by atoms with van der Waals surface area (Å²) in [6, 6.07) is 12.8. The van der Waals surface area contributed by atoms with Crippen molar-refractivity contribution in [2.75, 3.05) is 10.8 Å². The number of nitro benzene ring substituents is 1. The molecule has 0 radical (unpaired) electrons. The van der Waals surface area contributed by atoms with Crippen LogP contribution in [0.3, 0.4) is 0 Å². The molecule has 0 spiro atoms. The molecule has 1 amide bonds. The molecule has 28 heavy (non-hydrogen) atoms. The van der Waals surface area contributed by atoms with Crippen LogP contribution in [0.4, 0.5) is 11.4 Å². The Morgan fingerprint density at radius 1 is 1.18 bits per heavy atom. The number of carbonyl (C=O) groups is 1. The summed E-state index contributed by atoms with van der Waals surface area (Å²) in [6.45, 7) is 3.34. The van der Waals surface area contributed by atoms with Crippen LogP contribution in [-0.2, 0) is 14.8 Å². The summed E-state index contributed by atoms with van der Waals surface area (Å²) in [7, 11) is -4.09. The molecule has 8 nitrogen and oxygen atoms in total. The highest BCUT2D eigenvalue weighted by molar-refractivity contribution is 7.92. The van der Waals surface area contributed by atoms with Crippen molar-refractivity contribution in [3.05, 3.63) is 64.7 Å². The van der Waals surface area contributed by atoms with Crippen molar-refractivity contribution in [1.29, 1.82) is 0 Å². The lowest BCUT2D eigenvalue weighted by Gasteiger charge is -2.25. The Balaban J connectivity index is 2.43. The number of non-ortho nitro benzene ring substituents is 1. The van der Waals surface area contributed by atoms with Crippen LogP contribution < -0.4 is 9.62 Å². The van der Waals surface area contributed by atoms with E-state index in [1.807, 2.05) is 13.8 Å². The van der Waals surface area contributed by atoms with E-state index in [-0.39, 0.29) is 22.3 Å². The smallest absolute Gasteiger partial charge is 0.271 e. The molecular weight excluding hydrogens is 382 g/mol. The summed E-state index contributed by atoms with van der Waals surface area (Å²) in [4.78, 5) is 22.9. The molecule has 9 heteroatoms. The van der Waals surface area contributed by atoms with Gasteiger partial charge < -0.3 is 5.32 Å². The normalized spacial score (nSPS) is 12.2. The van der Waals surface area contributed by atoms with Gasteiger partial charge in [0.1, 0.15) is 6.54 Å². The van der Waals surface area contributed by atoms with Gasteiger partial charge in [-0.15, -0.1) is 0 Å². The van der Waals surface area contributed by atoms with Crippen molar-refractivity contribution in [3.8, 4) is 0 Å². The average molecular weight is 405 g/mol. The van der Waals surface area contributed by atoms with E-state index in [2.05, 4.69) is 5.32 Å². The fraction of sp³-hybridized carbons (Fsp3) is 0.316. The fourth-order valence-corrected chi connectivity index (χ4v) is 4.19. The summed E-state index contributed by atoms with van der Waals surface area (Å²) in [6.07, 6.45) is 1.63. The lowest BCUT2D eigenvalue weighted by molar-refractivity contribution is -0.384. The molecule has 0 unspecified atom stereocenters. The summed E-state index contributed by atoms with van der Waals surface area (Å²) >= 11 is 0. The molecule has 0 saturated carbocycles. The number of rotatable bonds is 9. The van der Waals surface area contributed by atoms with E-state index in [0.717, 1.165) is 23.2 Å². The van der Waals surface area contributed by atoms with Gasteiger partial charge in [-0.05, 0) is 31.5 Å². The molecule has 0 fully saturated rings. The number of anilines is 1. The monoisotopic (exact) mass is 405 g/mol. The van der Waals surface area contributed by atoms with Gasteiger partial charge in [0.25, 0.3) is 15.7 Å². The number of carbonyl (C=O) groups excluding carboxylic acids is 1. The highest BCUT2D eigenvalue weighted by Gasteiger charge is 2.28. The van der Waals surface area contributed by atoms with Crippen LogP contribution in [0.15, 0.2) is 59.5 Å². The lowest BCUT2D eigenvalue weighted by Crippen LogP contribution is -2.43. The van der Waals surface area contributed by atoms with Crippen molar-refractivity contribution in [3.63, 3.8) is 0 Å². The third kappa shape index (κ3) is 5.29. The number of hydrogen-bond donors (Lipinski definition) is 1. The molecule has 1 atom stereocenters. The maximum absolute atomic E-state index is 13.1. The van der Waals surface area contributed by atoms with E-state index in [9.17, 15) is 23.3 Å². The van der Waals surface area contributed by atoms with Crippen molar-refractivity contribution < 1.29 is 18.1 Å². The van der Waals surface area contributed by atoms with E-state index >= 15 is 0 Å². The number of nitrogens with one attached hydrogen (secondary N) is 1. The van der Waals surface area contributed by atoms with Crippen LogP contribution in [0.5, 0.6) is 0 Å². The van der Waals surface area contributed by atoms with Crippen molar-refractivity contribution in [2.45, 2.75) is 37.6 Å². The molecule has 2 aromatic carbocycles. The standard InChI is InChI=1S/C19H23N3O5S/c1-3-8-15(2)20-19(23)14-21(16-9-7-10-17(13-16)22(24)25)28(26,27)18-11-5-4-6-12-18/h4-7,9-13,15H,3,8,14H2,1-2H3,(H,20,23)/t15-/m1/s1. The molecule has 0 saturated heterocycles. The van der Waals surface area contributed by atoms with E-state index in [4.69, 9.17) is 0 Å². The maximum Gasteiger partial charge on any atom is 0.271 e. The molecule has 0 heterocycles. The number of hydrogen-bond acceptors (Lipinski definition) is 5. The molecule has 0 aliphatic heterocycles. The Kier molecular flexibility index (Phi) is 7.11. The maximum atomic E-state index is 13.1. The quantitative estimate of drug-likeness (QED) is 0.509. The van der Waals surface area contributed by atoms with Crippen LogP contribution >= 0.6 is 0 Å². The Morgan fingerprint density at radius 2 is 1.86 bits per heavy atom. The van der Waals surface area contributed by atoms with Crippen molar-refractivity contribution >= 4 is 27.3 Å². The van der Waals surface area contributed by atoms with Gasteiger partial charge >= 0.3 is 0 Å². The van der Waals surface area contributed by atoms with E-state index in [0.29, 0.717) is 0 Å². The number of sulfonamides is 1. The largest absolute Gasteiger partial charge is 0.352 e. The number of nitrogens with zero attached hydrogens (tertiary/aromatic N) is 2. The summed E-state index contributed by atoms with van der Waals surface area (Å²) in [5, 5.41) is 13.9. The number of amides is 1. The molecule has 1 N–H and O–H groups in total. The van der Waals surface area contributed by atoms with Gasteiger partial charge in [-0.1, -0.05) is 37.6 Å². The first kappa shape index (κ1) is 21.4. The second kappa shape index (κ2) is 9.32. The molecule has 0 bridgehead atoms. The molecule has 2 rings (SSSR count). The highest BCUT2D eigenvalue weighted by atomic mass is 32.2. The fourth-order valence-electron chi connectivity index (χ4n) is 2.75. The first-order chi connectivity index (χ1) is 13.3. The third-order valence-corrected chi connectivity index (χ3v) is 5.86. The van der Waals surface area contributed by atoms with Crippen LogP contribution in [0.2, 0.25) is 0 Å². The highest BCUT2D eigenvalue weighted by Crippen LogP contribution is 2.26. The second-order valence-corrected chi connectivity index (χ2v) is 8.22. The number of benzene rings is 2. The van der Waals surface area contributed by atoms with Gasteiger partial charge in [-0.25, -0.2) is 8.42 Å². The Morgan fingerprint density at radius 3 is 2.46 bits per heavy atom. The number of nitro groups is 1. The van der Waals surface area contributed by atoms with Gasteiger partial charge in [0.2, 0.25) is 5.91 Å². The van der Waals surface area contributed by atoms with Crippen LogP contribution in [-0.4, -0.2) is 31.8 Å². The van der Waals surface area contributed by atoms with Gasteiger partial charge in [0, 0.05) is 18.2 Å². The summed E-state index contributed by atoms with van der Waals surface area (Å²) in [5.41, 5.74) is -0.207. The van der Waals surface area contributed by atoms with Gasteiger partial charge in [-0.3, -0.25) is 19.2 Å². The predicted octanol–water partition coefficient (Wildman–Crippen LogP) is 3.09. The van der Waals surface area contributed by atoms with E-state index < -0.39 is 27.4 Å². The minimum Gasteiger partial charge on any atom is -0.352 e. The van der Waals surface area contributed by atoms with E-state index in [1.165, 1.54) is 30.3 Å². The summed E-state index contributed by atoms with van der Waals surface area (Å²) in [5.74, 6) is -0.480. The van der Waals surface area contributed by atoms with Gasteiger partial charge in [0.05, 0.1) is 15.5 Å². The Bertz CT molecular complexity index is 932. The minimum atomic E-state index is -4.09. The van der Waals surface area contributed by atoms with Crippen LogP contribution in [0.1, 0.15) is 26.7 Å².